The number of carbonyl (C=O) groups excluding carboxylic acids is 1. The van der Waals surface area contributed by atoms with Crippen molar-refractivity contribution >= 4 is 50.5 Å². The van der Waals surface area contributed by atoms with E-state index in [-0.39, 0.29) is 11.4 Å². The summed E-state index contributed by atoms with van der Waals surface area (Å²) in [6, 6.07) is 8.52. The van der Waals surface area contributed by atoms with E-state index < -0.39 is 22.0 Å². The smallest absolute Gasteiger partial charge is 0.248 e. The number of hydrogen-bond acceptors (Lipinski definition) is 4. The van der Waals surface area contributed by atoms with E-state index in [0.29, 0.717) is 15.7 Å². The fraction of sp³-hybridized carbons (Fsp3) is 0.278. The Labute approximate surface area is 169 Å². The molecule has 0 aromatic heterocycles. The maximum atomic E-state index is 12.8. The molecule has 146 valence electrons. The molecule has 9 heteroatoms. The molecule has 2 rings (SSSR count). The van der Waals surface area contributed by atoms with Gasteiger partial charge in [0.25, 0.3) is 0 Å². The van der Waals surface area contributed by atoms with E-state index >= 15 is 0 Å². The highest BCUT2D eigenvalue weighted by atomic mass is 35.5. The molecule has 0 unspecified atom stereocenters. The van der Waals surface area contributed by atoms with Crippen LogP contribution in [0, 0.1) is 6.92 Å². The molecule has 0 aliphatic heterocycles. The Morgan fingerprint density at radius 3 is 2.30 bits per heavy atom. The Balaban J connectivity index is 2.42. The summed E-state index contributed by atoms with van der Waals surface area (Å²) >= 11 is 12.0. The lowest BCUT2D eigenvalue weighted by Crippen LogP contribution is -2.45. The third-order valence-electron chi connectivity index (χ3n) is 3.91. The van der Waals surface area contributed by atoms with Crippen LogP contribution in [0.15, 0.2) is 36.4 Å². The van der Waals surface area contributed by atoms with E-state index in [1.165, 1.54) is 20.1 Å². The molecule has 0 saturated carbocycles. The molecule has 0 aliphatic carbocycles. The molecule has 0 fully saturated rings. The van der Waals surface area contributed by atoms with Gasteiger partial charge in [-0.1, -0.05) is 23.2 Å². The summed E-state index contributed by atoms with van der Waals surface area (Å²) in [5.74, 6) is -0.222. The number of anilines is 2. The van der Waals surface area contributed by atoms with Crippen LogP contribution in [0.4, 0.5) is 11.4 Å². The first-order valence-electron chi connectivity index (χ1n) is 7.94. The van der Waals surface area contributed by atoms with Crippen LogP contribution in [0.5, 0.6) is 5.75 Å². The SMILES string of the molecule is COc1ccc(Cl)cc1N([C@H](C)C(=O)Nc1ccc(Cl)cc1C)S(C)(=O)=O. The molecule has 1 atom stereocenters. The number of sulfonamides is 1. The van der Waals surface area contributed by atoms with Crippen molar-refractivity contribution in [1.29, 1.82) is 0 Å². The van der Waals surface area contributed by atoms with Crippen LogP contribution in [0.25, 0.3) is 0 Å². The molecule has 6 nitrogen and oxygen atoms in total. The van der Waals surface area contributed by atoms with Gasteiger partial charge >= 0.3 is 0 Å². The molecule has 0 radical (unpaired) electrons. The lowest BCUT2D eigenvalue weighted by molar-refractivity contribution is -0.116. The molecule has 2 aromatic rings. The highest BCUT2D eigenvalue weighted by molar-refractivity contribution is 7.92. The van der Waals surface area contributed by atoms with Gasteiger partial charge in [-0.05, 0) is 55.8 Å². The molecule has 2 aromatic carbocycles. The second-order valence-electron chi connectivity index (χ2n) is 6.00. The van der Waals surface area contributed by atoms with Gasteiger partial charge in [0.05, 0.1) is 19.1 Å². The van der Waals surface area contributed by atoms with Crippen molar-refractivity contribution in [3.05, 3.63) is 52.0 Å². The number of nitrogens with one attached hydrogen (secondary N) is 1. The number of amides is 1. The molecule has 0 saturated heterocycles. The predicted octanol–water partition coefficient (Wildman–Crippen LogP) is 4.10. The number of aryl methyl sites for hydroxylation is 1. The number of methoxy groups -OCH3 is 1. The van der Waals surface area contributed by atoms with Gasteiger partial charge in [-0.3, -0.25) is 9.10 Å². The van der Waals surface area contributed by atoms with Crippen molar-refractivity contribution in [2.75, 3.05) is 23.0 Å². The fourth-order valence-corrected chi connectivity index (χ4v) is 4.18. The number of halogens is 2. The Hall–Kier alpha value is -1.96. The van der Waals surface area contributed by atoms with Crippen LogP contribution in [0.2, 0.25) is 10.0 Å². The lowest BCUT2D eigenvalue weighted by atomic mass is 10.2. The quantitative estimate of drug-likeness (QED) is 0.747. The average molecular weight is 431 g/mol. The zero-order valence-electron chi connectivity index (χ0n) is 15.3. The number of hydrogen-bond donors (Lipinski definition) is 1. The van der Waals surface area contributed by atoms with Gasteiger partial charge in [-0.2, -0.15) is 0 Å². The number of nitrogens with zero attached hydrogens (tertiary/aromatic N) is 1. The van der Waals surface area contributed by atoms with Gasteiger partial charge in [-0.15, -0.1) is 0 Å². The van der Waals surface area contributed by atoms with Crippen LogP contribution in [0.3, 0.4) is 0 Å². The van der Waals surface area contributed by atoms with Crippen LogP contribution < -0.4 is 14.4 Å². The summed E-state index contributed by atoms with van der Waals surface area (Å²) in [6.07, 6.45) is 1.02. The standard InChI is InChI=1S/C18H20Cl2N2O4S/c1-11-9-13(19)5-7-15(11)21-18(23)12(2)22(27(4,24)25)16-10-14(20)6-8-17(16)26-3/h5-10,12H,1-4H3,(H,21,23)/t12-/m1/s1. The summed E-state index contributed by atoms with van der Waals surface area (Å²) < 4.78 is 31.1. The summed E-state index contributed by atoms with van der Waals surface area (Å²) in [5, 5.41) is 3.60. The van der Waals surface area contributed by atoms with E-state index in [9.17, 15) is 13.2 Å². The minimum Gasteiger partial charge on any atom is -0.495 e. The van der Waals surface area contributed by atoms with Crippen LogP contribution in [-0.2, 0) is 14.8 Å². The molecule has 0 heterocycles. The van der Waals surface area contributed by atoms with Gasteiger partial charge in [-0.25, -0.2) is 8.42 Å². The van der Waals surface area contributed by atoms with Gasteiger partial charge in [0.1, 0.15) is 11.8 Å². The summed E-state index contributed by atoms with van der Waals surface area (Å²) in [6.45, 7) is 3.28. The number of carbonyl (C=O) groups is 1. The minimum absolute atomic E-state index is 0.183. The summed E-state index contributed by atoms with van der Waals surface area (Å²) in [7, 11) is -2.40. The Morgan fingerprint density at radius 2 is 1.74 bits per heavy atom. The molecule has 0 bridgehead atoms. The largest absolute Gasteiger partial charge is 0.495 e. The maximum absolute atomic E-state index is 12.8. The van der Waals surface area contributed by atoms with Crippen molar-refractivity contribution in [2.24, 2.45) is 0 Å². The Kier molecular flexibility index (Phi) is 6.62. The second-order valence-corrected chi connectivity index (χ2v) is 8.73. The second kappa shape index (κ2) is 8.37. The van der Waals surface area contributed by atoms with Gasteiger partial charge < -0.3 is 10.1 Å². The molecule has 27 heavy (non-hydrogen) atoms. The fourth-order valence-electron chi connectivity index (χ4n) is 2.62. The number of rotatable bonds is 6. The first-order valence-corrected chi connectivity index (χ1v) is 10.5. The van der Waals surface area contributed by atoms with E-state index in [1.54, 1.807) is 37.3 Å². The molecular formula is C18H20Cl2N2O4S. The Bertz CT molecular complexity index is 964. The highest BCUT2D eigenvalue weighted by Gasteiger charge is 2.31. The molecule has 1 N–H and O–H groups in total. The number of ether oxygens (including phenoxy) is 1. The van der Waals surface area contributed by atoms with Crippen molar-refractivity contribution in [2.45, 2.75) is 19.9 Å². The average Bonchev–Trinajstić information content (AvgIpc) is 2.56. The molecule has 0 spiro atoms. The first-order chi connectivity index (χ1) is 12.5. The van der Waals surface area contributed by atoms with Crippen LogP contribution >= 0.6 is 23.2 Å². The topological polar surface area (TPSA) is 75.7 Å². The third kappa shape index (κ3) is 5.06. The monoisotopic (exact) mass is 430 g/mol. The van der Waals surface area contributed by atoms with E-state index in [1.807, 2.05) is 0 Å². The predicted molar refractivity (Wildman–Crippen MR) is 110 cm³/mol. The summed E-state index contributed by atoms with van der Waals surface area (Å²) in [4.78, 5) is 12.8. The zero-order valence-corrected chi connectivity index (χ0v) is 17.6. The normalized spacial score (nSPS) is 12.4. The van der Waals surface area contributed by atoms with Crippen molar-refractivity contribution in [3.63, 3.8) is 0 Å². The minimum atomic E-state index is -3.81. The lowest BCUT2D eigenvalue weighted by Gasteiger charge is -2.29. The van der Waals surface area contributed by atoms with E-state index in [0.717, 1.165) is 16.1 Å². The number of benzene rings is 2. The first kappa shape index (κ1) is 21.3. The molecule has 0 aliphatic rings. The molecular weight excluding hydrogens is 411 g/mol. The Morgan fingerprint density at radius 1 is 1.15 bits per heavy atom. The van der Waals surface area contributed by atoms with Gasteiger partial charge in [0, 0.05) is 15.7 Å². The summed E-state index contributed by atoms with van der Waals surface area (Å²) in [5.41, 5.74) is 1.49. The van der Waals surface area contributed by atoms with Crippen molar-refractivity contribution in [3.8, 4) is 5.75 Å². The van der Waals surface area contributed by atoms with E-state index in [4.69, 9.17) is 27.9 Å². The zero-order chi connectivity index (χ0) is 20.4. The third-order valence-corrected chi connectivity index (χ3v) is 5.61. The molecule has 1 amide bonds. The maximum Gasteiger partial charge on any atom is 0.248 e. The van der Waals surface area contributed by atoms with Gasteiger partial charge in [0.15, 0.2) is 0 Å². The van der Waals surface area contributed by atoms with Crippen LogP contribution in [-0.4, -0.2) is 33.7 Å². The van der Waals surface area contributed by atoms with Crippen molar-refractivity contribution in [1.82, 2.24) is 0 Å². The van der Waals surface area contributed by atoms with Crippen molar-refractivity contribution < 1.29 is 17.9 Å². The van der Waals surface area contributed by atoms with Gasteiger partial charge in [0.2, 0.25) is 15.9 Å². The highest BCUT2D eigenvalue weighted by Crippen LogP contribution is 2.34. The van der Waals surface area contributed by atoms with Crippen LogP contribution in [0.1, 0.15) is 12.5 Å². The van der Waals surface area contributed by atoms with E-state index in [2.05, 4.69) is 5.32 Å².